The van der Waals surface area contributed by atoms with Crippen LogP contribution in [0.1, 0.15) is 22.4 Å². The molecule has 130 valence electrons. The molecule has 7 nitrogen and oxygen atoms in total. The molecule has 4 rings (SSSR count). The van der Waals surface area contributed by atoms with Gasteiger partial charge in [0.2, 0.25) is 5.82 Å². The first-order valence-corrected chi connectivity index (χ1v) is 8.14. The minimum atomic E-state index is -0.809. The number of nitrogens with one attached hydrogen (secondary N) is 2. The van der Waals surface area contributed by atoms with E-state index in [0.29, 0.717) is 5.82 Å². The van der Waals surface area contributed by atoms with Crippen LogP contribution in [-0.4, -0.2) is 32.7 Å². The van der Waals surface area contributed by atoms with Crippen molar-refractivity contribution in [2.24, 2.45) is 0 Å². The maximum atomic E-state index is 12.2. The zero-order valence-electron chi connectivity index (χ0n) is 13.7. The lowest BCUT2D eigenvalue weighted by Crippen LogP contribution is -2.28. The molecule has 0 aliphatic heterocycles. The van der Waals surface area contributed by atoms with E-state index in [0.717, 1.165) is 22.0 Å². The number of carbonyl (C=O) groups excluding carboxylic acids is 1. The van der Waals surface area contributed by atoms with Gasteiger partial charge in [-0.25, -0.2) is 0 Å². The van der Waals surface area contributed by atoms with E-state index in [9.17, 15) is 9.90 Å². The van der Waals surface area contributed by atoms with Crippen LogP contribution in [0.4, 0.5) is 0 Å². The number of aromatic amines is 1. The standard InChI is InChI=1S/C19H16N4O3/c24-16(12-5-2-1-3-6-12)11-21-18(25)19-22-17(23-26-19)14-7-4-8-15-13(14)9-10-20-15/h1-10,16,20,24H,11H2,(H,21,25)/t16-/m0/s1. The number of fused-ring (bicyclic) bond motifs is 1. The molecule has 0 fully saturated rings. The average molecular weight is 348 g/mol. The number of aromatic nitrogens is 3. The van der Waals surface area contributed by atoms with Gasteiger partial charge >= 0.3 is 11.8 Å². The second-order valence-corrected chi connectivity index (χ2v) is 5.80. The molecule has 0 aliphatic carbocycles. The van der Waals surface area contributed by atoms with Crippen LogP contribution >= 0.6 is 0 Å². The van der Waals surface area contributed by atoms with Crippen molar-refractivity contribution in [3.8, 4) is 11.4 Å². The lowest BCUT2D eigenvalue weighted by Gasteiger charge is -2.10. The highest BCUT2D eigenvalue weighted by Crippen LogP contribution is 2.25. The van der Waals surface area contributed by atoms with E-state index >= 15 is 0 Å². The highest BCUT2D eigenvalue weighted by Gasteiger charge is 2.18. The molecule has 4 aromatic rings. The third-order valence-corrected chi connectivity index (χ3v) is 4.10. The van der Waals surface area contributed by atoms with E-state index in [-0.39, 0.29) is 12.4 Å². The third-order valence-electron chi connectivity index (χ3n) is 4.10. The Morgan fingerprint density at radius 1 is 1.15 bits per heavy atom. The largest absolute Gasteiger partial charge is 0.387 e. The smallest absolute Gasteiger partial charge is 0.316 e. The summed E-state index contributed by atoms with van der Waals surface area (Å²) < 4.78 is 5.08. The fraction of sp³-hybridized carbons (Fsp3) is 0.105. The summed E-state index contributed by atoms with van der Waals surface area (Å²) in [4.78, 5) is 19.5. The molecule has 0 saturated heterocycles. The fourth-order valence-corrected chi connectivity index (χ4v) is 2.76. The van der Waals surface area contributed by atoms with E-state index in [1.165, 1.54) is 0 Å². The van der Waals surface area contributed by atoms with Gasteiger partial charge in [0, 0.05) is 29.2 Å². The number of amides is 1. The lowest BCUT2D eigenvalue weighted by atomic mass is 10.1. The van der Waals surface area contributed by atoms with Crippen LogP contribution in [0.5, 0.6) is 0 Å². The summed E-state index contributed by atoms with van der Waals surface area (Å²) in [5.41, 5.74) is 2.44. The van der Waals surface area contributed by atoms with E-state index in [1.807, 2.05) is 48.7 Å². The van der Waals surface area contributed by atoms with Gasteiger partial charge in [-0.15, -0.1) is 0 Å². The van der Waals surface area contributed by atoms with Gasteiger partial charge in [-0.3, -0.25) is 4.79 Å². The van der Waals surface area contributed by atoms with Gasteiger partial charge in [0.25, 0.3) is 0 Å². The number of carbonyl (C=O) groups is 1. The molecule has 7 heteroatoms. The van der Waals surface area contributed by atoms with Gasteiger partial charge in [0.05, 0.1) is 6.10 Å². The topological polar surface area (TPSA) is 104 Å². The van der Waals surface area contributed by atoms with Gasteiger partial charge in [-0.05, 0) is 17.7 Å². The summed E-state index contributed by atoms with van der Waals surface area (Å²) in [6.45, 7) is 0.0496. The molecule has 0 saturated carbocycles. The van der Waals surface area contributed by atoms with E-state index in [2.05, 4.69) is 20.4 Å². The highest BCUT2D eigenvalue weighted by molar-refractivity contribution is 5.94. The van der Waals surface area contributed by atoms with Gasteiger partial charge in [-0.2, -0.15) is 4.98 Å². The number of H-pyrrole nitrogens is 1. The Kier molecular flexibility index (Phi) is 4.20. The molecule has 2 aromatic carbocycles. The number of rotatable bonds is 5. The van der Waals surface area contributed by atoms with Crippen LogP contribution in [0.2, 0.25) is 0 Å². The Balaban J connectivity index is 1.48. The van der Waals surface area contributed by atoms with Crippen molar-refractivity contribution in [3.05, 3.63) is 72.2 Å². The van der Waals surface area contributed by atoms with Crippen LogP contribution in [0.25, 0.3) is 22.3 Å². The number of benzene rings is 2. The average Bonchev–Trinajstić information content (AvgIpc) is 3.35. The summed E-state index contributed by atoms with van der Waals surface area (Å²) in [5, 5.41) is 17.6. The molecule has 0 spiro atoms. The molecule has 0 unspecified atom stereocenters. The molecule has 1 atom stereocenters. The third kappa shape index (κ3) is 3.07. The zero-order chi connectivity index (χ0) is 17.9. The van der Waals surface area contributed by atoms with E-state index in [1.54, 1.807) is 12.1 Å². The van der Waals surface area contributed by atoms with Crippen molar-refractivity contribution in [2.75, 3.05) is 6.54 Å². The predicted molar refractivity (Wildman–Crippen MR) is 95.3 cm³/mol. The Labute approximate surface area is 148 Å². The summed E-state index contributed by atoms with van der Waals surface area (Å²) in [6.07, 6.45) is 1.02. The van der Waals surface area contributed by atoms with E-state index < -0.39 is 12.0 Å². The Bertz CT molecular complexity index is 1040. The minimum absolute atomic E-state index is 0.0496. The molecule has 0 aliphatic rings. The summed E-state index contributed by atoms with van der Waals surface area (Å²) in [7, 11) is 0. The number of hydrogen-bond acceptors (Lipinski definition) is 5. The number of aliphatic hydroxyl groups is 1. The van der Waals surface area contributed by atoms with Gasteiger partial charge in [0.1, 0.15) is 0 Å². The normalized spacial score (nSPS) is 12.2. The maximum Gasteiger partial charge on any atom is 0.316 e. The number of nitrogens with zero attached hydrogens (tertiary/aromatic N) is 2. The first kappa shape index (κ1) is 16.0. The molecule has 0 bridgehead atoms. The fourth-order valence-electron chi connectivity index (χ4n) is 2.76. The SMILES string of the molecule is O=C(NC[C@H](O)c1ccccc1)c1nc(-c2cccc3[nH]ccc23)no1. The second-order valence-electron chi connectivity index (χ2n) is 5.80. The van der Waals surface area contributed by atoms with Crippen LogP contribution in [0.15, 0.2) is 65.3 Å². The summed E-state index contributed by atoms with van der Waals surface area (Å²) in [6, 6.07) is 16.7. The summed E-state index contributed by atoms with van der Waals surface area (Å²) in [5.74, 6) is -0.336. The van der Waals surface area contributed by atoms with Gasteiger partial charge < -0.3 is 19.9 Å². The minimum Gasteiger partial charge on any atom is -0.387 e. The lowest BCUT2D eigenvalue weighted by molar-refractivity contribution is 0.0873. The summed E-state index contributed by atoms with van der Waals surface area (Å²) >= 11 is 0. The predicted octanol–water partition coefficient (Wildman–Crippen LogP) is 2.68. The van der Waals surface area contributed by atoms with Crippen molar-refractivity contribution in [2.45, 2.75) is 6.10 Å². The van der Waals surface area contributed by atoms with Gasteiger partial charge in [-0.1, -0.05) is 47.6 Å². The van der Waals surface area contributed by atoms with Crippen LogP contribution in [0, 0.1) is 0 Å². The van der Waals surface area contributed by atoms with Crippen molar-refractivity contribution in [3.63, 3.8) is 0 Å². The quantitative estimate of drug-likeness (QED) is 0.514. The van der Waals surface area contributed by atoms with Crippen molar-refractivity contribution >= 4 is 16.8 Å². The Morgan fingerprint density at radius 2 is 2.00 bits per heavy atom. The molecular weight excluding hydrogens is 332 g/mol. The van der Waals surface area contributed by atoms with Crippen molar-refractivity contribution in [1.82, 2.24) is 20.4 Å². The molecule has 2 aromatic heterocycles. The Hall–Kier alpha value is -3.45. The molecule has 26 heavy (non-hydrogen) atoms. The zero-order valence-corrected chi connectivity index (χ0v) is 13.7. The maximum absolute atomic E-state index is 12.2. The van der Waals surface area contributed by atoms with Gasteiger partial charge in [0.15, 0.2) is 0 Å². The monoisotopic (exact) mass is 348 g/mol. The Morgan fingerprint density at radius 3 is 2.85 bits per heavy atom. The second kappa shape index (κ2) is 6.81. The number of hydrogen-bond donors (Lipinski definition) is 3. The van der Waals surface area contributed by atoms with Crippen molar-refractivity contribution < 1.29 is 14.4 Å². The first-order chi connectivity index (χ1) is 12.7. The van der Waals surface area contributed by atoms with Crippen LogP contribution < -0.4 is 5.32 Å². The molecule has 0 radical (unpaired) electrons. The van der Waals surface area contributed by atoms with Crippen LogP contribution in [0.3, 0.4) is 0 Å². The molecule has 2 heterocycles. The van der Waals surface area contributed by atoms with E-state index in [4.69, 9.17) is 4.52 Å². The molecule has 1 amide bonds. The van der Waals surface area contributed by atoms with Crippen molar-refractivity contribution in [1.29, 1.82) is 0 Å². The molecular formula is C19H16N4O3. The van der Waals surface area contributed by atoms with Crippen LogP contribution in [-0.2, 0) is 0 Å². The number of aliphatic hydroxyl groups excluding tert-OH is 1. The molecule has 3 N–H and O–H groups in total. The highest BCUT2D eigenvalue weighted by atomic mass is 16.5. The first-order valence-electron chi connectivity index (χ1n) is 8.14.